The van der Waals surface area contributed by atoms with Gasteiger partial charge in [0.1, 0.15) is 6.10 Å². The summed E-state index contributed by atoms with van der Waals surface area (Å²) in [7, 11) is 0. The summed E-state index contributed by atoms with van der Waals surface area (Å²) >= 11 is 0. The van der Waals surface area contributed by atoms with Gasteiger partial charge in [-0.3, -0.25) is 9.59 Å². The molecule has 7 heteroatoms. The van der Waals surface area contributed by atoms with E-state index in [9.17, 15) is 14.7 Å². The van der Waals surface area contributed by atoms with Crippen LogP contribution < -0.4 is 0 Å². The molecule has 2 rings (SSSR count). The van der Waals surface area contributed by atoms with Crippen LogP contribution in [-0.2, 0) is 23.8 Å². The summed E-state index contributed by atoms with van der Waals surface area (Å²) in [5.41, 5.74) is 0. The van der Waals surface area contributed by atoms with Crippen LogP contribution in [-0.4, -0.2) is 58.8 Å². The first-order valence-corrected chi connectivity index (χ1v) is 10.6. The first-order chi connectivity index (χ1) is 13.2. The number of aliphatic hydroxyl groups excluding tert-OH is 1. The molecule has 0 aromatic carbocycles. The summed E-state index contributed by atoms with van der Waals surface area (Å²) < 4.78 is 17.4. The number of esters is 1. The van der Waals surface area contributed by atoms with Gasteiger partial charge in [0.05, 0.1) is 42.4 Å². The Balaban J connectivity index is 1.73. The van der Waals surface area contributed by atoms with Crippen molar-refractivity contribution in [2.75, 3.05) is 0 Å². The average Bonchev–Trinajstić information content (AvgIpc) is 3.29. The lowest BCUT2D eigenvalue weighted by Gasteiger charge is -2.23. The van der Waals surface area contributed by atoms with Gasteiger partial charge in [-0.25, -0.2) is 0 Å². The van der Waals surface area contributed by atoms with E-state index in [0.29, 0.717) is 19.3 Å². The molecule has 2 fully saturated rings. The highest BCUT2D eigenvalue weighted by Gasteiger charge is 2.36. The van der Waals surface area contributed by atoms with Gasteiger partial charge in [-0.05, 0) is 59.3 Å². The highest BCUT2D eigenvalue weighted by Crippen LogP contribution is 2.31. The number of ether oxygens (including phenoxy) is 3. The quantitative estimate of drug-likeness (QED) is 0.544. The minimum absolute atomic E-state index is 0.00710. The van der Waals surface area contributed by atoms with Crippen LogP contribution in [0, 0.1) is 11.8 Å². The summed E-state index contributed by atoms with van der Waals surface area (Å²) in [5, 5.41) is 18.9. The molecule has 0 spiro atoms. The van der Waals surface area contributed by atoms with Gasteiger partial charge in [0.25, 0.3) is 0 Å². The third-order valence-corrected chi connectivity index (χ3v) is 6.08. The third kappa shape index (κ3) is 6.42. The maximum absolute atomic E-state index is 12.5. The molecule has 28 heavy (non-hydrogen) atoms. The summed E-state index contributed by atoms with van der Waals surface area (Å²) in [6.07, 6.45) is 3.88. The summed E-state index contributed by atoms with van der Waals surface area (Å²) in [5.74, 6) is -2.00. The van der Waals surface area contributed by atoms with Gasteiger partial charge in [-0.15, -0.1) is 0 Å². The lowest BCUT2D eigenvalue weighted by molar-refractivity contribution is -0.159. The molecule has 8 atom stereocenters. The second-order valence-corrected chi connectivity index (χ2v) is 8.44. The van der Waals surface area contributed by atoms with E-state index in [4.69, 9.17) is 19.3 Å². The van der Waals surface area contributed by atoms with Crippen LogP contribution in [0.25, 0.3) is 0 Å². The fourth-order valence-electron chi connectivity index (χ4n) is 4.05. The Morgan fingerprint density at radius 3 is 2.04 bits per heavy atom. The first-order valence-electron chi connectivity index (χ1n) is 10.6. The highest BCUT2D eigenvalue weighted by molar-refractivity contribution is 5.73. The number of carbonyl (C=O) groups is 2. The van der Waals surface area contributed by atoms with Crippen molar-refractivity contribution in [2.24, 2.45) is 11.8 Å². The van der Waals surface area contributed by atoms with Gasteiger partial charge in [0.15, 0.2) is 0 Å². The van der Waals surface area contributed by atoms with Gasteiger partial charge in [-0.1, -0.05) is 6.92 Å². The maximum atomic E-state index is 12.5. The van der Waals surface area contributed by atoms with Gasteiger partial charge >= 0.3 is 11.9 Å². The second kappa shape index (κ2) is 10.6. The fourth-order valence-corrected chi connectivity index (χ4v) is 4.05. The fraction of sp³-hybridized carbons (Fsp3) is 0.905. The molecule has 2 aliphatic rings. The minimum atomic E-state index is -0.847. The SMILES string of the molecule is CC[C@@H](O)C[C@@H]1CC[C@@H]([C@@H](C)C(=O)O[C@@H](C)C[C@@H]2CC[C@@H]([C@@H](C)C(=O)O)O2)O1. The van der Waals surface area contributed by atoms with Crippen molar-refractivity contribution in [2.45, 2.75) is 109 Å². The van der Waals surface area contributed by atoms with E-state index in [2.05, 4.69) is 0 Å². The largest absolute Gasteiger partial charge is 0.481 e. The van der Waals surface area contributed by atoms with Crippen molar-refractivity contribution in [1.82, 2.24) is 0 Å². The number of hydrogen-bond acceptors (Lipinski definition) is 6. The molecular formula is C21H36O7. The van der Waals surface area contributed by atoms with Crippen LogP contribution in [0.5, 0.6) is 0 Å². The zero-order valence-electron chi connectivity index (χ0n) is 17.5. The maximum Gasteiger partial charge on any atom is 0.311 e. The number of carboxylic acid groups (broad SMARTS) is 1. The molecule has 7 nitrogen and oxygen atoms in total. The van der Waals surface area contributed by atoms with E-state index in [1.54, 1.807) is 6.92 Å². The van der Waals surface area contributed by atoms with Crippen LogP contribution in [0.15, 0.2) is 0 Å². The molecule has 2 heterocycles. The van der Waals surface area contributed by atoms with Crippen molar-refractivity contribution >= 4 is 11.9 Å². The molecular weight excluding hydrogens is 364 g/mol. The van der Waals surface area contributed by atoms with Crippen molar-refractivity contribution in [3.8, 4) is 0 Å². The molecule has 0 amide bonds. The molecule has 162 valence electrons. The molecule has 0 aliphatic carbocycles. The number of carbonyl (C=O) groups excluding carboxylic acids is 1. The Labute approximate surface area is 167 Å². The highest BCUT2D eigenvalue weighted by atomic mass is 16.6. The van der Waals surface area contributed by atoms with E-state index in [1.807, 2.05) is 20.8 Å². The topological polar surface area (TPSA) is 102 Å². The van der Waals surface area contributed by atoms with Crippen LogP contribution >= 0.6 is 0 Å². The first kappa shape index (κ1) is 23.1. The predicted molar refractivity (Wildman–Crippen MR) is 103 cm³/mol. The van der Waals surface area contributed by atoms with Crippen molar-refractivity contribution in [1.29, 1.82) is 0 Å². The third-order valence-electron chi connectivity index (χ3n) is 6.08. The molecule has 0 saturated carbocycles. The molecule has 2 saturated heterocycles. The number of rotatable bonds is 10. The Morgan fingerprint density at radius 1 is 0.964 bits per heavy atom. The van der Waals surface area contributed by atoms with Crippen LogP contribution in [0.2, 0.25) is 0 Å². The van der Waals surface area contributed by atoms with E-state index in [1.165, 1.54) is 0 Å². The molecule has 0 unspecified atom stereocenters. The smallest absolute Gasteiger partial charge is 0.311 e. The summed E-state index contributed by atoms with van der Waals surface area (Å²) in [6.45, 7) is 7.28. The molecule has 0 aromatic rings. The number of hydrogen-bond donors (Lipinski definition) is 2. The summed E-state index contributed by atoms with van der Waals surface area (Å²) in [4.78, 5) is 23.6. The van der Waals surface area contributed by atoms with Gasteiger partial charge < -0.3 is 24.4 Å². The molecule has 2 N–H and O–H groups in total. The number of aliphatic hydroxyl groups is 1. The second-order valence-electron chi connectivity index (χ2n) is 8.44. The molecule has 0 bridgehead atoms. The van der Waals surface area contributed by atoms with Crippen LogP contribution in [0.3, 0.4) is 0 Å². The lowest BCUT2D eigenvalue weighted by atomic mass is 10.0. The Hall–Kier alpha value is -1.18. The number of aliphatic carboxylic acids is 1. The minimum Gasteiger partial charge on any atom is -0.481 e. The van der Waals surface area contributed by atoms with Crippen molar-refractivity contribution < 1.29 is 34.0 Å². The Morgan fingerprint density at radius 2 is 1.50 bits per heavy atom. The predicted octanol–water partition coefficient (Wildman–Crippen LogP) is 2.92. The normalized spacial score (nSPS) is 31.9. The Kier molecular flexibility index (Phi) is 8.71. The zero-order valence-corrected chi connectivity index (χ0v) is 17.5. The number of carboxylic acids is 1. The summed E-state index contributed by atoms with van der Waals surface area (Å²) in [6, 6.07) is 0. The molecule has 0 radical (unpaired) electrons. The average molecular weight is 401 g/mol. The van der Waals surface area contributed by atoms with E-state index in [0.717, 1.165) is 25.7 Å². The van der Waals surface area contributed by atoms with Crippen molar-refractivity contribution in [3.63, 3.8) is 0 Å². The van der Waals surface area contributed by atoms with Gasteiger partial charge in [0, 0.05) is 6.42 Å². The van der Waals surface area contributed by atoms with Crippen LogP contribution in [0.4, 0.5) is 0 Å². The van der Waals surface area contributed by atoms with Gasteiger partial charge in [-0.2, -0.15) is 0 Å². The Bertz CT molecular complexity index is 523. The van der Waals surface area contributed by atoms with Crippen LogP contribution in [0.1, 0.15) is 72.6 Å². The standard InChI is InChI=1S/C21H36O7/c1-5-15(22)11-17-7-9-19(28-17)14(4)21(25)26-12(2)10-16-6-8-18(27-16)13(3)20(23)24/h12-19,22H,5-11H2,1-4H3,(H,23,24)/t12-,13+,14+,15+,16-,17-,18-,19-/m0/s1. The van der Waals surface area contributed by atoms with Gasteiger partial charge in [0.2, 0.25) is 0 Å². The van der Waals surface area contributed by atoms with E-state index >= 15 is 0 Å². The monoisotopic (exact) mass is 400 g/mol. The van der Waals surface area contributed by atoms with E-state index < -0.39 is 11.9 Å². The molecule has 2 aliphatic heterocycles. The lowest BCUT2D eigenvalue weighted by Crippen LogP contribution is -2.32. The van der Waals surface area contributed by atoms with Crippen molar-refractivity contribution in [3.05, 3.63) is 0 Å². The molecule has 0 aromatic heterocycles. The van der Waals surface area contributed by atoms with E-state index in [-0.39, 0.29) is 48.5 Å². The zero-order chi connectivity index (χ0) is 20.8.